The summed E-state index contributed by atoms with van der Waals surface area (Å²) in [6.45, 7) is 7.55. The molecule has 118 valence electrons. The highest BCUT2D eigenvalue weighted by Crippen LogP contribution is 2.15. The van der Waals surface area contributed by atoms with Crippen molar-refractivity contribution in [3.63, 3.8) is 0 Å². The largest absolute Gasteiger partial charge is 0.485 e. The van der Waals surface area contributed by atoms with Gasteiger partial charge < -0.3 is 14.6 Å². The summed E-state index contributed by atoms with van der Waals surface area (Å²) in [5.74, 6) is 1.95. The van der Waals surface area contributed by atoms with Crippen LogP contribution in [0.5, 0.6) is 5.75 Å². The second-order valence-corrected chi connectivity index (χ2v) is 5.54. The Morgan fingerprint density at radius 2 is 2.09 bits per heavy atom. The maximum absolute atomic E-state index is 5.66. The third-order valence-electron chi connectivity index (χ3n) is 3.70. The molecule has 0 radical (unpaired) electrons. The van der Waals surface area contributed by atoms with E-state index in [0.29, 0.717) is 18.3 Å². The van der Waals surface area contributed by atoms with Crippen molar-refractivity contribution in [1.82, 2.24) is 20.4 Å². The van der Waals surface area contributed by atoms with Crippen LogP contribution in [0.1, 0.15) is 23.7 Å². The Kier molecular flexibility index (Phi) is 5.03. The number of nitrogens with zero attached hydrogens (tertiary/aromatic N) is 3. The molecular weight excluding hydrogens is 280 g/mol. The first-order chi connectivity index (χ1) is 10.8. The molecule has 1 fully saturated rings. The zero-order valence-electron chi connectivity index (χ0n) is 12.9. The van der Waals surface area contributed by atoms with Crippen LogP contribution in [0, 0.1) is 6.92 Å². The van der Waals surface area contributed by atoms with Gasteiger partial charge in [-0.05, 0) is 37.2 Å². The van der Waals surface area contributed by atoms with Crippen molar-refractivity contribution in [3.8, 4) is 5.75 Å². The fourth-order valence-electron chi connectivity index (χ4n) is 2.56. The summed E-state index contributed by atoms with van der Waals surface area (Å²) in [6, 6.07) is 8.24. The molecule has 0 atom stereocenters. The van der Waals surface area contributed by atoms with Gasteiger partial charge in [0.1, 0.15) is 5.75 Å². The highest BCUT2D eigenvalue weighted by molar-refractivity contribution is 5.27. The van der Waals surface area contributed by atoms with Crippen LogP contribution in [0.15, 0.2) is 28.8 Å². The molecular formula is C16H22N4O2. The van der Waals surface area contributed by atoms with Crippen molar-refractivity contribution in [3.05, 3.63) is 41.5 Å². The van der Waals surface area contributed by atoms with Gasteiger partial charge in [-0.15, -0.1) is 0 Å². The number of hydrogen-bond donors (Lipinski definition) is 1. The van der Waals surface area contributed by atoms with Crippen molar-refractivity contribution in [2.24, 2.45) is 0 Å². The Balaban J connectivity index is 1.51. The first-order valence-electron chi connectivity index (χ1n) is 7.73. The summed E-state index contributed by atoms with van der Waals surface area (Å²) in [5, 5.41) is 7.24. The van der Waals surface area contributed by atoms with E-state index in [1.54, 1.807) is 6.92 Å². The summed E-state index contributed by atoms with van der Waals surface area (Å²) in [6.07, 6.45) is 1.21. The highest BCUT2D eigenvalue weighted by atomic mass is 16.5. The third-order valence-corrected chi connectivity index (χ3v) is 3.70. The highest BCUT2D eigenvalue weighted by Gasteiger charge is 2.09. The van der Waals surface area contributed by atoms with E-state index in [-0.39, 0.29) is 0 Å². The minimum Gasteiger partial charge on any atom is -0.485 e. The van der Waals surface area contributed by atoms with Crippen LogP contribution in [-0.4, -0.2) is 41.2 Å². The van der Waals surface area contributed by atoms with Crippen molar-refractivity contribution in [2.45, 2.75) is 26.5 Å². The number of hydrogen-bond acceptors (Lipinski definition) is 6. The number of rotatable bonds is 5. The van der Waals surface area contributed by atoms with E-state index in [1.165, 1.54) is 12.0 Å². The van der Waals surface area contributed by atoms with Crippen molar-refractivity contribution < 1.29 is 9.26 Å². The minimum absolute atomic E-state index is 0.328. The zero-order valence-corrected chi connectivity index (χ0v) is 12.9. The first kappa shape index (κ1) is 15.0. The Bertz CT molecular complexity index is 574. The predicted octanol–water partition coefficient (Wildman–Crippen LogP) is 1.75. The zero-order chi connectivity index (χ0) is 15.2. The smallest absolute Gasteiger partial charge is 0.223 e. The standard InChI is InChI=1S/C16H22N4O2/c1-13-18-16(19-22-13)12-21-15-5-3-14(4-6-15)11-20-9-2-7-17-8-10-20/h3-6,17H,2,7-12H2,1H3. The summed E-state index contributed by atoms with van der Waals surface area (Å²) < 4.78 is 10.6. The molecule has 22 heavy (non-hydrogen) atoms. The van der Waals surface area contributed by atoms with Crippen LogP contribution in [0.25, 0.3) is 0 Å². The van der Waals surface area contributed by atoms with Gasteiger partial charge in [0.15, 0.2) is 6.61 Å². The maximum atomic E-state index is 5.66. The number of nitrogens with one attached hydrogen (secondary N) is 1. The van der Waals surface area contributed by atoms with Crippen LogP contribution >= 0.6 is 0 Å². The Morgan fingerprint density at radius 3 is 2.86 bits per heavy atom. The summed E-state index contributed by atoms with van der Waals surface area (Å²) >= 11 is 0. The predicted molar refractivity (Wildman–Crippen MR) is 82.6 cm³/mol. The first-order valence-corrected chi connectivity index (χ1v) is 7.73. The normalized spacial score (nSPS) is 16.4. The SMILES string of the molecule is Cc1nc(COc2ccc(CN3CCCNCC3)cc2)no1. The molecule has 0 amide bonds. The Morgan fingerprint density at radius 1 is 1.23 bits per heavy atom. The molecule has 2 aromatic rings. The molecule has 1 N–H and O–H groups in total. The molecule has 1 aliphatic heterocycles. The topological polar surface area (TPSA) is 63.4 Å². The monoisotopic (exact) mass is 302 g/mol. The molecule has 3 rings (SSSR count). The van der Waals surface area contributed by atoms with E-state index in [2.05, 4.69) is 32.5 Å². The van der Waals surface area contributed by atoms with Gasteiger partial charge in [-0.1, -0.05) is 17.3 Å². The lowest BCUT2D eigenvalue weighted by Crippen LogP contribution is -2.27. The van der Waals surface area contributed by atoms with E-state index in [0.717, 1.165) is 38.5 Å². The fourth-order valence-corrected chi connectivity index (χ4v) is 2.56. The van der Waals surface area contributed by atoms with Crippen LogP contribution in [0.4, 0.5) is 0 Å². The van der Waals surface area contributed by atoms with E-state index in [4.69, 9.17) is 9.26 Å². The number of aryl methyl sites for hydroxylation is 1. The second kappa shape index (κ2) is 7.38. The lowest BCUT2D eigenvalue weighted by Gasteiger charge is -2.19. The van der Waals surface area contributed by atoms with E-state index in [9.17, 15) is 0 Å². The van der Waals surface area contributed by atoms with Crippen LogP contribution in [0.3, 0.4) is 0 Å². The molecule has 0 spiro atoms. The Labute approximate surface area is 130 Å². The van der Waals surface area contributed by atoms with Gasteiger partial charge in [0, 0.05) is 26.6 Å². The molecule has 2 heterocycles. The molecule has 0 bridgehead atoms. The molecule has 1 saturated heterocycles. The molecule has 0 unspecified atom stereocenters. The quantitative estimate of drug-likeness (QED) is 0.908. The van der Waals surface area contributed by atoms with Gasteiger partial charge in [0.05, 0.1) is 0 Å². The average molecular weight is 302 g/mol. The molecule has 1 aromatic heterocycles. The van der Waals surface area contributed by atoms with Gasteiger partial charge in [-0.3, -0.25) is 4.90 Å². The number of ether oxygens (including phenoxy) is 1. The lowest BCUT2D eigenvalue weighted by molar-refractivity contribution is 0.281. The van der Waals surface area contributed by atoms with Crippen LogP contribution in [0.2, 0.25) is 0 Å². The van der Waals surface area contributed by atoms with E-state index in [1.807, 2.05) is 12.1 Å². The second-order valence-electron chi connectivity index (χ2n) is 5.54. The van der Waals surface area contributed by atoms with Crippen molar-refractivity contribution >= 4 is 0 Å². The Hall–Kier alpha value is -1.92. The molecule has 1 aromatic carbocycles. The molecule has 6 nitrogen and oxygen atoms in total. The van der Waals surface area contributed by atoms with Gasteiger partial charge in [-0.2, -0.15) is 4.98 Å². The van der Waals surface area contributed by atoms with Gasteiger partial charge >= 0.3 is 0 Å². The minimum atomic E-state index is 0.328. The van der Waals surface area contributed by atoms with E-state index < -0.39 is 0 Å². The number of benzene rings is 1. The third kappa shape index (κ3) is 4.29. The summed E-state index contributed by atoms with van der Waals surface area (Å²) in [7, 11) is 0. The van der Waals surface area contributed by atoms with Crippen molar-refractivity contribution in [2.75, 3.05) is 26.2 Å². The summed E-state index contributed by atoms with van der Waals surface area (Å²) in [4.78, 5) is 6.60. The lowest BCUT2D eigenvalue weighted by atomic mass is 10.2. The molecule has 0 aliphatic carbocycles. The molecule has 0 saturated carbocycles. The average Bonchev–Trinajstić information content (AvgIpc) is 2.79. The van der Waals surface area contributed by atoms with Gasteiger partial charge in [-0.25, -0.2) is 0 Å². The number of aromatic nitrogens is 2. The maximum Gasteiger partial charge on any atom is 0.223 e. The molecule has 6 heteroatoms. The van der Waals surface area contributed by atoms with Crippen LogP contribution < -0.4 is 10.1 Å². The summed E-state index contributed by atoms with van der Waals surface area (Å²) in [5.41, 5.74) is 1.31. The van der Waals surface area contributed by atoms with Crippen molar-refractivity contribution in [1.29, 1.82) is 0 Å². The van der Waals surface area contributed by atoms with Gasteiger partial charge in [0.25, 0.3) is 0 Å². The van der Waals surface area contributed by atoms with E-state index >= 15 is 0 Å². The fraction of sp³-hybridized carbons (Fsp3) is 0.500. The molecule has 1 aliphatic rings. The van der Waals surface area contributed by atoms with Crippen LogP contribution in [-0.2, 0) is 13.2 Å². The van der Waals surface area contributed by atoms with Gasteiger partial charge in [0.2, 0.25) is 11.7 Å².